The van der Waals surface area contributed by atoms with Gasteiger partial charge in [-0.1, -0.05) is 39.1 Å². The van der Waals surface area contributed by atoms with Crippen LogP contribution >= 0.6 is 55.1 Å². The molecule has 106 valence electrons. The molecule has 0 aliphatic heterocycles. The van der Waals surface area contributed by atoms with E-state index >= 15 is 0 Å². The van der Waals surface area contributed by atoms with E-state index in [-0.39, 0.29) is 0 Å². The second-order valence-corrected chi connectivity index (χ2v) is 6.74. The molecule has 2 nitrogen and oxygen atoms in total. The lowest BCUT2D eigenvalue weighted by atomic mass is 10.1. The van der Waals surface area contributed by atoms with Gasteiger partial charge in [0.05, 0.1) is 16.1 Å². The molecule has 0 saturated carbocycles. The van der Waals surface area contributed by atoms with Gasteiger partial charge in [0, 0.05) is 20.6 Å². The lowest BCUT2D eigenvalue weighted by Gasteiger charge is -2.15. The van der Waals surface area contributed by atoms with Crippen molar-refractivity contribution in [2.45, 2.75) is 13.0 Å². The highest BCUT2D eigenvalue weighted by atomic mass is 79.9. The van der Waals surface area contributed by atoms with Crippen molar-refractivity contribution >= 4 is 55.1 Å². The summed E-state index contributed by atoms with van der Waals surface area (Å²) in [4.78, 5) is 0. The summed E-state index contributed by atoms with van der Waals surface area (Å²) in [5.41, 5.74) is 0.662. The summed E-state index contributed by atoms with van der Waals surface area (Å²) in [7, 11) is 0. The molecule has 1 unspecified atom stereocenters. The van der Waals surface area contributed by atoms with Gasteiger partial charge in [0.15, 0.2) is 0 Å². The van der Waals surface area contributed by atoms with Crippen LogP contribution < -0.4 is 4.74 Å². The third-order valence-electron chi connectivity index (χ3n) is 2.62. The summed E-state index contributed by atoms with van der Waals surface area (Å²) in [5.74, 6) is 0.965. The molecule has 0 amide bonds. The fourth-order valence-electron chi connectivity index (χ4n) is 1.64. The maximum absolute atomic E-state index is 9.81. The lowest BCUT2D eigenvalue weighted by molar-refractivity contribution is 0.195. The molecule has 1 N–H and O–H groups in total. The summed E-state index contributed by atoms with van der Waals surface area (Å²) >= 11 is 18.8. The van der Waals surface area contributed by atoms with Crippen LogP contribution in [0.2, 0.25) is 10.0 Å². The van der Waals surface area contributed by atoms with Crippen molar-refractivity contribution in [1.29, 1.82) is 0 Å². The van der Waals surface area contributed by atoms with Crippen LogP contribution in [0.15, 0.2) is 39.3 Å². The van der Waals surface area contributed by atoms with E-state index in [4.69, 9.17) is 27.9 Å². The molecule has 6 heteroatoms. The minimum absolute atomic E-state index is 0.431. The van der Waals surface area contributed by atoms with Crippen molar-refractivity contribution < 1.29 is 9.84 Å². The second kappa shape index (κ2) is 6.67. The largest absolute Gasteiger partial charge is 0.455 e. The summed E-state index contributed by atoms with van der Waals surface area (Å²) in [6.45, 7) is 1.67. The number of rotatable bonds is 3. The van der Waals surface area contributed by atoms with Gasteiger partial charge in [-0.3, -0.25) is 0 Å². The number of hydrogen-bond acceptors (Lipinski definition) is 2. The van der Waals surface area contributed by atoms with Gasteiger partial charge in [-0.25, -0.2) is 0 Å². The van der Waals surface area contributed by atoms with Crippen molar-refractivity contribution in [3.05, 3.63) is 54.9 Å². The topological polar surface area (TPSA) is 29.5 Å². The Kier molecular flexibility index (Phi) is 5.37. The molecule has 0 aliphatic rings. The smallest absolute Gasteiger partial charge is 0.147 e. The number of ether oxygens (including phenoxy) is 1. The summed E-state index contributed by atoms with van der Waals surface area (Å²) in [6.07, 6.45) is -0.660. The van der Waals surface area contributed by atoms with Crippen LogP contribution in [0.5, 0.6) is 11.5 Å². The van der Waals surface area contributed by atoms with Crippen molar-refractivity contribution in [2.24, 2.45) is 0 Å². The molecule has 0 spiro atoms. The first-order valence-electron chi connectivity index (χ1n) is 5.68. The molecule has 2 rings (SSSR count). The van der Waals surface area contributed by atoms with Gasteiger partial charge < -0.3 is 9.84 Å². The van der Waals surface area contributed by atoms with E-state index in [0.717, 1.165) is 4.47 Å². The molecule has 0 bridgehead atoms. The number of benzene rings is 2. The van der Waals surface area contributed by atoms with Crippen LogP contribution in [0.4, 0.5) is 0 Å². The first kappa shape index (κ1) is 16.1. The molecule has 0 aromatic heterocycles. The zero-order chi connectivity index (χ0) is 14.9. The lowest BCUT2D eigenvalue weighted by Crippen LogP contribution is -1.96. The average molecular weight is 441 g/mol. The van der Waals surface area contributed by atoms with E-state index in [0.29, 0.717) is 31.6 Å². The molecule has 0 saturated heterocycles. The molecule has 2 aromatic carbocycles. The molecule has 0 heterocycles. The third-order valence-corrected chi connectivity index (χ3v) is 4.60. The molecule has 0 radical (unpaired) electrons. The van der Waals surface area contributed by atoms with E-state index in [1.54, 1.807) is 31.2 Å². The first-order chi connectivity index (χ1) is 9.38. The highest BCUT2D eigenvalue weighted by Crippen LogP contribution is 2.39. The number of aliphatic hydroxyl groups excluding tert-OH is 1. The normalized spacial score (nSPS) is 12.3. The molecular formula is C14H10Br2Cl2O2. The SMILES string of the molecule is CC(O)c1cc(Br)ccc1Oc1cc(Cl)c(Br)cc1Cl. The van der Waals surface area contributed by atoms with Crippen LogP contribution in [0.25, 0.3) is 0 Å². The van der Waals surface area contributed by atoms with Crippen molar-refractivity contribution in [1.82, 2.24) is 0 Å². The van der Waals surface area contributed by atoms with Gasteiger partial charge in [-0.2, -0.15) is 0 Å². The molecule has 0 fully saturated rings. The fourth-order valence-corrected chi connectivity index (χ4v) is 2.85. The standard InChI is InChI=1S/C14H10Br2Cl2O2/c1-7(19)9-4-8(15)2-3-13(9)20-14-6-11(17)10(16)5-12(14)18/h2-7,19H,1H3. The predicted molar refractivity (Wildman–Crippen MR) is 89.0 cm³/mol. The van der Waals surface area contributed by atoms with Crippen molar-refractivity contribution in [2.75, 3.05) is 0 Å². The summed E-state index contributed by atoms with van der Waals surface area (Å²) < 4.78 is 7.33. The molecular weight excluding hydrogens is 431 g/mol. The van der Waals surface area contributed by atoms with Gasteiger partial charge in [-0.05, 0) is 47.1 Å². The predicted octanol–water partition coefficient (Wildman–Crippen LogP) is 6.36. The van der Waals surface area contributed by atoms with E-state index in [2.05, 4.69) is 31.9 Å². The summed E-state index contributed by atoms with van der Waals surface area (Å²) in [6, 6.07) is 8.68. The van der Waals surface area contributed by atoms with Gasteiger partial charge >= 0.3 is 0 Å². The Morgan fingerprint density at radius 3 is 2.40 bits per heavy atom. The van der Waals surface area contributed by atoms with Gasteiger partial charge in [0.25, 0.3) is 0 Å². The molecule has 0 aliphatic carbocycles. The Labute approximate surface area is 143 Å². The maximum atomic E-state index is 9.81. The average Bonchev–Trinajstić information content (AvgIpc) is 2.37. The Morgan fingerprint density at radius 1 is 1.05 bits per heavy atom. The van der Waals surface area contributed by atoms with Gasteiger partial charge in [0.1, 0.15) is 11.5 Å². The second-order valence-electron chi connectivity index (χ2n) is 4.16. The summed E-state index contributed by atoms with van der Waals surface area (Å²) in [5, 5.41) is 10.7. The Bertz CT molecular complexity index is 645. The monoisotopic (exact) mass is 438 g/mol. The Morgan fingerprint density at radius 2 is 1.75 bits per heavy atom. The van der Waals surface area contributed by atoms with E-state index in [9.17, 15) is 5.11 Å². The number of hydrogen-bond donors (Lipinski definition) is 1. The Balaban J connectivity index is 2.42. The maximum Gasteiger partial charge on any atom is 0.147 e. The van der Waals surface area contributed by atoms with Gasteiger partial charge in [-0.15, -0.1) is 0 Å². The van der Waals surface area contributed by atoms with Gasteiger partial charge in [0.2, 0.25) is 0 Å². The minimum Gasteiger partial charge on any atom is -0.455 e. The minimum atomic E-state index is -0.660. The Hall–Kier alpha value is -0.260. The number of halogens is 4. The third kappa shape index (κ3) is 3.68. The van der Waals surface area contributed by atoms with E-state index in [1.807, 2.05) is 6.07 Å². The molecule has 20 heavy (non-hydrogen) atoms. The molecule has 1 atom stereocenters. The van der Waals surface area contributed by atoms with E-state index in [1.165, 1.54) is 0 Å². The van der Waals surface area contributed by atoms with Crippen LogP contribution in [-0.2, 0) is 0 Å². The number of aliphatic hydroxyl groups is 1. The zero-order valence-electron chi connectivity index (χ0n) is 10.3. The van der Waals surface area contributed by atoms with Crippen LogP contribution in [0.3, 0.4) is 0 Å². The van der Waals surface area contributed by atoms with E-state index < -0.39 is 6.10 Å². The van der Waals surface area contributed by atoms with Crippen LogP contribution in [0.1, 0.15) is 18.6 Å². The van der Waals surface area contributed by atoms with Crippen molar-refractivity contribution in [3.63, 3.8) is 0 Å². The van der Waals surface area contributed by atoms with Crippen LogP contribution in [0, 0.1) is 0 Å². The molecule has 2 aromatic rings. The first-order valence-corrected chi connectivity index (χ1v) is 8.02. The highest BCUT2D eigenvalue weighted by molar-refractivity contribution is 9.10. The van der Waals surface area contributed by atoms with Crippen molar-refractivity contribution in [3.8, 4) is 11.5 Å². The fraction of sp³-hybridized carbons (Fsp3) is 0.143. The van der Waals surface area contributed by atoms with Crippen LogP contribution in [-0.4, -0.2) is 5.11 Å². The zero-order valence-corrected chi connectivity index (χ0v) is 15.0. The highest BCUT2D eigenvalue weighted by Gasteiger charge is 2.13. The quantitative estimate of drug-likeness (QED) is 0.562.